The summed E-state index contributed by atoms with van der Waals surface area (Å²) in [5, 5.41) is 3.32. The van der Waals surface area contributed by atoms with Crippen molar-refractivity contribution in [2.24, 2.45) is 0 Å². The van der Waals surface area contributed by atoms with Crippen molar-refractivity contribution in [3.05, 3.63) is 29.3 Å². The van der Waals surface area contributed by atoms with Crippen LogP contribution in [-0.4, -0.2) is 42.1 Å². The number of ether oxygens (including phenoxy) is 1. The molecule has 1 N–H and O–H groups in total. The van der Waals surface area contributed by atoms with E-state index in [-0.39, 0.29) is 30.0 Å². The van der Waals surface area contributed by atoms with Crippen LogP contribution < -0.4 is 5.32 Å². The Bertz CT molecular complexity index is 545. The summed E-state index contributed by atoms with van der Waals surface area (Å²) in [7, 11) is 0. The van der Waals surface area contributed by atoms with Crippen LogP contribution in [0.1, 0.15) is 36.7 Å². The van der Waals surface area contributed by atoms with Crippen molar-refractivity contribution in [2.45, 2.75) is 38.9 Å². The second-order valence-corrected chi connectivity index (χ2v) is 6.42. The fourth-order valence-electron chi connectivity index (χ4n) is 3.23. The molecule has 3 rings (SSSR count). The summed E-state index contributed by atoms with van der Waals surface area (Å²) in [6.45, 7) is 8.37. The first-order chi connectivity index (χ1) is 9.44. The number of hydrogen-bond donors (Lipinski definition) is 1. The third-order valence-corrected chi connectivity index (χ3v) is 3.92. The van der Waals surface area contributed by atoms with Crippen molar-refractivity contribution in [1.29, 1.82) is 0 Å². The summed E-state index contributed by atoms with van der Waals surface area (Å²) in [5.41, 5.74) is 2.93. The average molecular weight is 311 g/mol. The molecule has 0 bridgehead atoms. The quantitative estimate of drug-likeness (QED) is 0.867. The molecule has 0 spiro atoms. The summed E-state index contributed by atoms with van der Waals surface area (Å²) >= 11 is 0. The fourth-order valence-corrected chi connectivity index (χ4v) is 3.23. The lowest BCUT2D eigenvalue weighted by molar-refractivity contribution is -0.118. The zero-order valence-corrected chi connectivity index (χ0v) is 13.6. The number of fused-ring (bicyclic) bond motifs is 1. The number of amides is 1. The van der Waals surface area contributed by atoms with Gasteiger partial charge in [0.05, 0.1) is 11.7 Å². The number of carbonyl (C=O) groups is 1. The van der Waals surface area contributed by atoms with Crippen LogP contribution in [0.4, 0.5) is 5.69 Å². The molecule has 0 saturated carbocycles. The first-order valence-electron chi connectivity index (χ1n) is 7.28. The van der Waals surface area contributed by atoms with Gasteiger partial charge in [-0.3, -0.25) is 4.79 Å². The van der Waals surface area contributed by atoms with Crippen molar-refractivity contribution in [1.82, 2.24) is 4.90 Å². The predicted molar refractivity (Wildman–Crippen MR) is 86.4 cm³/mol. The van der Waals surface area contributed by atoms with Crippen LogP contribution in [0.25, 0.3) is 0 Å². The Morgan fingerprint density at radius 2 is 2.19 bits per heavy atom. The molecule has 4 nitrogen and oxygen atoms in total. The van der Waals surface area contributed by atoms with Gasteiger partial charge in [-0.1, -0.05) is 0 Å². The van der Waals surface area contributed by atoms with E-state index in [1.807, 2.05) is 43.9 Å². The summed E-state index contributed by atoms with van der Waals surface area (Å²) in [5.74, 6) is 0.114. The number of morpholine rings is 1. The molecule has 1 aromatic rings. The fraction of sp³-hybridized carbons (Fsp3) is 0.562. The van der Waals surface area contributed by atoms with Gasteiger partial charge in [0.1, 0.15) is 0 Å². The van der Waals surface area contributed by atoms with Crippen LogP contribution in [-0.2, 0) is 11.2 Å². The maximum Gasteiger partial charge on any atom is 0.254 e. The molecule has 1 saturated heterocycles. The van der Waals surface area contributed by atoms with E-state index in [4.69, 9.17) is 4.74 Å². The zero-order chi connectivity index (χ0) is 14.3. The van der Waals surface area contributed by atoms with Crippen LogP contribution in [0.15, 0.2) is 18.2 Å². The molecule has 2 aliphatic heterocycles. The van der Waals surface area contributed by atoms with Gasteiger partial charge in [-0.25, -0.2) is 0 Å². The Morgan fingerprint density at radius 1 is 1.43 bits per heavy atom. The summed E-state index contributed by atoms with van der Waals surface area (Å²) in [6, 6.07) is 5.97. The Kier molecular flexibility index (Phi) is 4.49. The molecule has 1 atom stereocenters. The molecule has 2 aliphatic rings. The Labute approximate surface area is 132 Å². The molecule has 0 aliphatic carbocycles. The number of hydrogen-bond acceptors (Lipinski definition) is 3. The number of benzene rings is 1. The van der Waals surface area contributed by atoms with Gasteiger partial charge in [0.15, 0.2) is 0 Å². The minimum Gasteiger partial charge on any atom is -0.384 e. The van der Waals surface area contributed by atoms with Gasteiger partial charge < -0.3 is 15.0 Å². The van der Waals surface area contributed by atoms with Crippen molar-refractivity contribution in [3.63, 3.8) is 0 Å². The van der Waals surface area contributed by atoms with Crippen LogP contribution >= 0.6 is 12.4 Å². The van der Waals surface area contributed by atoms with Gasteiger partial charge in [0, 0.05) is 30.9 Å². The smallest absolute Gasteiger partial charge is 0.254 e. The van der Waals surface area contributed by atoms with E-state index in [1.165, 1.54) is 5.56 Å². The van der Waals surface area contributed by atoms with Gasteiger partial charge in [0.2, 0.25) is 0 Å². The molecule has 2 heterocycles. The van der Waals surface area contributed by atoms with E-state index in [9.17, 15) is 4.79 Å². The van der Waals surface area contributed by atoms with E-state index >= 15 is 0 Å². The highest BCUT2D eigenvalue weighted by Gasteiger charge is 2.34. The molecule has 5 heteroatoms. The third kappa shape index (κ3) is 3.33. The number of nitrogens with zero attached hydrogens (tertiary/aromatic N) is 1. The maximum atomic E-state index is 12.7. The molecular formula is C16H23ClN2O2. The highest BCUT2D eigenvalue weighted by Crippen LogP contribution is 2.26. The topological polar surface area (TPSA) is 41.6 Å². The number of halogens is 1. The van der Waals surface area contributed by atoms with E-state index in [0.29, 0.717) is 13.1 Å². The number of anilines is 1. The van der Waals surface area contributed by atoms with Gasteiger partial charge in [0.25, 0.3) is 5.91 Å². The van der Waals surface area contributed by atoms with Crippen LogP contribution in [0, 0.1) is 0 Å². The molecule has 1 unspecified atom stereocenters. The Hall–Kier alpha value is -1.26. The number of rotatable bonds is 1. The van der Waals surface area contributed by atoms with E-state index in [0.717, 1.165) is 24.2 Å². The molecule has 0 radical (unpaired) electrons. The lowest BCUT2D eigenvalue weighted by atomic mass is 10.0. The predicted octanol–water partition coefficient (Wildman–Crippen LogP) is 2.72. The largest absolute Gasteiger partial charge is 0.384 e. The van der Waals surface area contributed by atoms with E-state index < -0.39 is 0 Å². The molecular weight excluding hydrogens is 288 g/mol. The van der Waals surface area contributed by atoms with Crippen molar-refractivity contribution in [3.8, 4) is 0 Å². The third-order valence-electron chi connectivity index (χ3n) is 3.92. The van der Waals surface area contributed by atoms with Gasteiger partial charge in [-0.15, -0.1) is 12.4 Å². The van der Waals surface area contributed by atoms with Gasteiger partial charge in [-0.05, 0) is 51.0 Å². The van der Waals surface area contributed by atoms with Crippen molar-refractivity contribution in [2.75, 3.05) is 25.0 Å². The van der Waals surface area contributed by atoms with E-state index in [2.05, 4.69) is 5.32 Å². The number of carbonyl (C=O) groups excluding carboxylic acids is 1. The highest BCUT2D eigenvalue weighted by atomic mass is 35.5. The van der Waals surface area contributed by atoms with Gasteiger partial charge >= 0.3 is 0 Å². The minimum atomic E-state index is -0.272. The monoisotopic (exact) mass is 310 g/mol. The highest BCUT2D eigenvalue weighted by molar-refractivity contribution is 5.95. The summed E-state index contributed by atoms with van der Waals surface area (Å²) < 4.78 is 5.86. The first-order valence-corrected chi connectivity index (χ1v) is 7.28. The lowest BCUT2D eigenvalue weighted by Crippen LogP contribution is -2.53. The zero-order valence-electron chi connectivity index (χ0n) is 12.8. The molecule has 1 aromatic carbocycles. The van der Waals surface area contributed by atoms with Crippen molar-refractivity contribution >= 4 is 24.0 Å². The standard InChI is InChI=1S/C16H22N2O2.ClH/c1-11-9-18(10-16(2,3)20-11)15(19)13-4-5-14-12(8-13)6-7-17-14;/h4-5,8,11,17H,6-7,9-10H2,1-3H3;1H. The SMILES string of the molecule is CC1CN(C(=O)c2ccc3c(c2)CCN3)CC(C)(C)O1.Cl. The van der Waals surface area contributed by atoms with Gasteiger partial charge in [-0.2, -0.15) is 0 Å². The second kappa shape index (κ2) is 5.85. The van der Waals surface area contributed by atoms with Crippen LogP contribution in [0.2, 0.25) is 0 Å². The lowest BCUT2D eigenvalue weighted by Gasteiger charge is -2.41. The number of nitrogens with one attached hydrogen (secondary N) is 1. The average Bonchev–Trinajstić information content (AvgIpc) is 2.82. The summed E-state index contributed by atoms with van der Waals surface area (Å²) in [4.78, 5) is 14.6. The Morgan fingerprint density at radius 3 is 2.90 bits per heavy atom. The first kappa shape index (κ1) is 16.1. The normalized spacial score (nSPS) is 23.0. The van der Waals surface area contributed by atoms with E-state index in [1.54, 1.807) is 0 Å². The molecule has 0 aromatic heterocycles. The summed E-state index contributed by atoms with van der Waals surface area (Å²) in [6.07, 6.45) is 1.08. The minimum absolute atomic E-state index is 0. The molecule has 116 valence electrons. The maximum absolute atomic E-state index is 12.7. The second-order valence-electron chi connectivity index (χ2n) is 6.42. The molecule has 21 heavy (non-hydrogen) atoms. The Balaban J connectivity index is 0.00000161. The molecule has 1 amide bonds. The van der Waals surface area contributed by atoms with Crippen molar-refractivity contribution < 1.29 is 9.53 Å². The van der Waals surface area contributed by atoms with Crippen LogP contribution in [0.3, 0.4) is 0 Å². The molecule has 1 fully saturated rings. The van der Waals surface area contributed by atoms with Crippen LogP contribution in [0.5, 0.6) is 0 Å².